The molecule has 0 heteroatoms. The number of aryl methyl sites for hydroxylation is 1. The third-order valence-corrected chi connectivity index (χ3v) is 3.82. The minimum Gasteiger partial charge on any atom is -0.0952 e. The maximum atomic E-state index is 4.13. The Kier molecular flexibility index (Phi) is 6.14. The van der Waals surface area contributed by atoms with Crippen LogP contribution in [0, 0.1) is 20.3 Å². The number of hydrogen-bond donors (Lipinski definition) is 0. The molecule has 0 spiro atoms. The van der Waals surface area contributed by atoms with Crippen LogP contribution in [-0.4, -0.2) is 0 Å². The van der Waals surface area contributed by atoms with E-state index in [2.05, 4.69) is 82.5 Å². The molecule has 0 aromatic heterocycles. The fraction of sp³-hybridized carbons (Fsp3) is 0.0833. The lowest BCUT2D eigenvalue weighted by atomic mass is 10.0. The molecule has 0 unspecified atom stereocenters. The molecule has 0 amide bonds. The van der Waals surface area contributed by atoms with Crippen LogP contribution in [0.2, 0.25) is 0 Å². The molecule has 1 aliphatic rings. The van der Waals surface area contributed by atoms with Crippen molar-refractivity contribution in [2.24, 2.45) is 0 Å². The average Bonchev–Trinajstić information content (AvgIpc) is 2.59. The summed E-state index contributed by atoms with van der Waals surface area (Å²) in [6, 6.07) is 16.6. The van der Waals surface area contributed by atoms with Crippen LogP contribution < -0.4 is 10.4 Å². The lowest BCUT2D eigenvalue weighted by Crippen LogP contribution is -2.08. The molecule has 0 atom stereocenters. The van der Waals surface area contributed by atoms with Crippen molar-refractivity contribution in [2.45, 2.75) is 13.8 Å². The van der Waals surface area contributed by atoms with Crippen LogP contribution in [-0.2, 0) is 0 Å². The van der Waals surface area contributed by atoms with Crippen molar-refractivity contribution >= 4 is 12.2 Å². The van der Waals surface area contributed by atoms with Gasteiger partial charge < -0.3 is 0 Å². The Morgan fingerprint density at radius 3 is 1.92 bits per heavy atom. The lowest BCUT2D eigenvalue weighted by Gasteiger charge is -2.02. The second-order valence-electron chi connectivity index (χ2n) is 6.03. The van der Waals surface area contributed by atoms with Gasteiger partial charge in [-0.05, 0) is 47.9 Å². The summed E-state index contributed by atoms with van der Waals surface area (Å²) in [5.74, 6) is 0. The second kappa shape index (κ2) is 8.31. The molecule has 0 bridgehead atoms. The van der Waals surface area contributed by atoms with Gasteiger partial charge in [0.05, 0.1) is 0 Å². The number of rotatable bonds is 1. The van der Waals surface area contributed by atoms with Crippen molar-refractivity contribution in [3.63, 3.8) is 0 Å². The van der Waals surface area contributed by atoms with Gasteiger partial charge in [0.15, 0.2) is 0 Å². The van der Waals surface area contributed by atoms with E-state index >= 15 is 0 Å². The van der Waals surface area contributed by atoms with Gasteiger partial charge in [-0.3, -0.25) is 0 Å². The van der Waals surface area contributed by atoms with Gasteiger partial charge in [-0.2, -0.15) is 0 Å². The molecule has 2 aromatic rings. The SMILES string of the molecule is C=C1[CH]C=C(C)C=C1.[CH2]C(c1ccc(C)cc1)=c1ccc(=C)cc1. The van der Waals surface area contributed by atoms with E-state index in [4.69, 9.17) is 0 Å². The summed E-state index contributed by atoms with van der Waals surface area (Å²) in [4.78, 5) is 0. The van der Waals surface area contributed by atoms with Crippen molar-refractivity contribution < 1.29 is 0 Å². The maximum Gasteiger partial charge on any atom is 0.0121 e. The van der Waals surface area contributed by atoms with Crippen LogP contribution in [0.3, 0.4) is 0 Å². The van der Waals surface area contributed by atoms with E-state index in [1.807, 2.05) is 24.6 Å². The summed E-state index contributed by atoms with van der Waals surface area (Å²) in [7, 11) is 0. The molecule has 2 aromatic carbocycles. The lowest BCUT2D eigenvalue weighted by molar-refractivity contribution is 1.42. The van der Waals surface area contributed by atoms with Gasteiger partial charge in [-0.1, -0.05) is 91.1 Å². The Morgan fingerprint density at radius 2 is 1.42 bits per heavy atom. The standard InChI is InChI=1S/C16H15.C8H9/c1-12-4-8-15(9-5-12)14(3)16-10-6-13(2)7-11-16;1-7-3-5-8(2)6-4-7/h4-11H,1,3H2,2H3;3-6H,1H2,2H3. The third-order valence-electron chi connectivity index (χ3n) is 3.82. The molecule has 0 heterocycles. The Labute approximate surface area is 145 Å². The molecule has 0 saturated heterocycles. The van der Waals surface area contributed by atoms with E-state index in [9.17, 15) is 0 Å². The normalized spacial score (nSPS) is 13.0. The van der Waals surface area contributed by atoms with Crippen molar-refractivity contribution in [3.05, 3.63) is 119 Å². The van der Waals surface area contributed by atoms with Crippen molar-refractivity contribution in [1.29, 1.82) is 0 Å². The van der Waals surface area contributed by atoms with Gasteiger partial charge in [0.2, 0.25) is 0 Å². The Hall–Kier alpha value is -2.60. The second-order valence-corrected chi connectivity index (χ2v) is 6.03. The van der Waals surface area contributed by atoms with Crippen molar-refractivity contribution in [2.75, 3.05) is 0 Å². The fourth-order valence-electron chi connectivity index (χ4n) is 2.22. The van der Waals surface area contributed by atoms with Crippen molar-refractivity contribution in [3.8, 4) is 0 Å². The first-order chi connectivity index (χ1) is 11.5. The van der Waals surface area contributed by atoms with Crippen LogP contribution in [0.15, 0.2) is 84.5 Å². The summed E-state index contributed by atoms with van der Waals surface area (Å²) >= 11 is 0. The molecule has 0 saturated carbocycles. The number of allylic oxidation sites excluding steroid dienone is 5. The molecular weight excluding hydrogens is 288 g/mol. The van der Waals surface area contributed by atoms with Gasteiger partial charge in [0.25, 0.3) is 0 Å². The predicted octanol–water partition coefficient (Wildman–Crippen LogP) is 4.70. The molecule has 3 rings (SSSR count). The monoisotopic (exact) mass is 312 g/mol. The van der Waals surface area contributed by atoms with E-state index < -0.39 is 0 Å². The quantitative estimate of drug-likeness (QED) is 0.716. The molecule has 0 aliphatic heterocycles. The van der Waals surface area contributed by atoms with Crippen LogP contribution in [0.5, 0.6) is 0 Å². The molecule has 1 aliphatic carbocycles. The first-order valence-electron chi connectivity index (χ1n) is 8.02. The Bertz CT molecular complexity index is 848. The zero-order valence-electron chi connectivity index (χ0n) is 14.5. The minimum absolute atomic E-state index is 1.03. The van der Waals surface area contributed by atoms with Gasteiger partial charge >= 0.3 is 0 Å². The highest BCUT2D eigenvalue weighted by Crippen LogP contribution is 2.11. The first-order valence-corrected chi connectivity index (χ1v) is 8.02. The summed E-state index contributed by atoms with van der Waals surface area (Å²) < 4.78 is 0. The fourth-order valence-corrected chi connectivity index (χ4v) is 2.22. The number of hydrogen-bond acceptors (Lipinski definition) is 0. The maximum absolute atomic E-state index is 4.13. The van der Waals surface area contributed by atoms with Crippen LogP contribution >= 0.6 is 0 Å². The van der Waals surface area contributed by atoms with Gasteiger partial charge in [-0.15, -0.1) is 0 Å². The van der Waals surface area contributed by atoms with E-state index in [0.717, 1.165) is 21.6 Å². The van der Waals surface area contributed by atoms with E-state index in [1.54, 1.807) is 0 Å². The van der Waals surface area contributed by atoms with Crippen LogP contribution in [0.1, 0.15) is 18.1 Å². The summed E-state index contributed by atoms with van der Waals surface area (Å²) in [6.45, 7) is 15.9. The van der Waals surface area contributed by atoms with Gasteiger partial charge in [0.1, 0.15) is 0 Å². The van der Waals surface area contributed by atoms with Crippen LogP contribution in [0.4, 0.5) is 0 Å². The highest BCUT2D eigenvalue weighted by Gasteiger charge is 1.95. The third kappa shape index (κ3) is 5.24. The highest BCUT2D eigenvalue weighted by molar-refractivity contribution is 5.68. The molecule has 2 radical (unpaired) electrons. The van der Waals surface area contributed by atoms with E-state index in [0.29, 0.717) is 0 Å². The van der Waals surface area contributed by atoms with Gasteiger partial charge in [0, 0.05) is 6.42 Å². The molecule has 0 N–H and O–H groups in total. The molecule has 0 fully saturated rings. The molecule has 0 nitrogen and oxygen atoms in total. The summed E-state index contributed by atoms with van der Waals surface area (Å²) in [5.41, 5.74) is 5.86. The van der Waals surface area contributed by atoms with E-state index in [-0.39, 0.29) is 0 Å². The van der Waals surface area contributed by atoms with Crippen molar-refractivity contribution in [1.82, 2.24) is 0 Å². The largest absolute Gasteiger partial charge is 0.0952 e. The average molecular weight is 312 g/mol. The smallest absolute Gasteiger partial charge is 0.0121 e. The van der Waals surface area contributed by atoms with E-state index in [1.165, 1.54) is 16.7 Å². The topological polar surface area (TPSA) is 0 Å². The Morgan fingerprint density at radius 1 is 0.792 bits per heavy atom. The van der Waals surface area contributed by atoms with Crippen LogP contribution in [0.25, 0.3) is 12.2 Å². The zero-order chi connectivity index (χ0) is 17.5. The summed E-state index contributed by atoms with van der Waals surface area (Å²) in [6.07, 6.45) is 8.13. The minimum atomic E-state index is 1.03. The number of benzene rings is 2. The Balaban J connectivity index is 0.000000219. The zero-order valence-corrected chi connectivity index (χ0v) is 14.5. The van der Waals surface area contributed by atoms with Gasteiger partial charge in [-0.25, -0.2) is 0 Å². The molecule has 120 valence electrons. The molecule has 24 heavy (non-hydrogen) atoms. The summed E-state index contributed by atoms with van der Waals surface area (Å²) in [5, 5.41) is 2.18. The molecular formula is C24H24. The highest BCUT2D eigenvalue weighted by atomic mass is 14.0. The first kappa shape index (κ1) is 17.7. The predicted molar refractivity (Wildman–Crippen MR) is 107 cm³/mol.